The highest BCUT2D eigenvalue weighted by Gasteiger charge is 2.31. The summed E-state index contributed by atoms with van der Waals surface area (Å²) >= 11 is 0. The van der Waals surface area contributed by atoms with Gasteiger partial charge in [0.1, 0.15) is 6.33 Å². The zero-order valence-corrected chi connectivity index (χ0v) is 6.98. The molecule has 64 valence electrons. The number of hydrogen-bond acceptors (Lipinski definition) is 3. The molecule has 0 aliphatic heterocycles. The summed E-state index contributed by atoms with van der Waals surface area (Å²) in [5.41, 5.74) is 6.89. The fraction of sp³-hybridized carbons (Fsp3) is 0.556. The van der Waals surface area contributed by atoms with Crippen molar-refractivity contribution in [1.82, 2.24) is 9.97 Å². The van der Waals surface area contributed by atoms with Gasteiger partial charge < -0.3 is 5.73 Å². The van der Waals surface area contributed by atoms with Gasteiger partial charge in [-0.25, -0.2) is 9.97 Å². The minimum Gasteiger partial charge on any atom is -0.330 e. The molecule has 0 spiro atoms. The number of hydrogen-bond donors (Lipinski definition) is 1. The van der Waals surface area contributed by atoms with Crippen LogP contribution in [-0.2, 0) is 0 Å². The molecule has 3 heteroatoms. The predicted molar refractivity (Wildman–Crippen MR) is 46.6 cm³/mol. The number of nitrogens with zero attached hydrogens (tertiary/aromatic N) is 2. The Balaban J connectivity index is 2.15. The van der Waals surface area contributed by atoms with E-state index in [2.05, 4.69) is 9.97 Å². The first-order valence-corrected chi connectivity index (χ1v) is 4.37. The molecule has 1 aromatic heterocycles. The third kappa shape index (κ3) is 1.46. The quantitative estimate of drug-likeness (QED) is 0.721. The molecule has 1 unspecified atom stereocenters. The van der Waals surface area contributed by atoms with E-state index in [4.69, 9.17) is 5.73 Å². The van der Waals surface area contributed by atoms with Gasteiger partial charge in [-0.3, -0.25) is 0 Å². The lowest BCUT2D eigenvalue weighted by Crippen LogP contribution is -2.14. The fourth-order valence-corrected chi connectivity index (χ4v) is 1.60. The Kier molecular flexibility index (Phi) is 2.04. The summed E-state index contributed by atoms with van der Waals surface area (Å²) in [5.74, 6) is 1.28. The molecule has 1 atom stereocenters. The van der Waals surface area contributed by atoms with Crippen LogP contribution in [0, 0.1) is 5.92 Å². The second-order valence-corrected chi connectivity index (χ2v) is 3.35. The molecular formula is C9H13N3. The molecule has 1 aliphatic rings. The third-order valence-electron chi connectivity index (χ3n) is 2.45. The van der Waals surface area contributed by atoms with E-state index in [1.807, 2.05) is 12.4 Å². The van der Waals surface area contributed by atoms with Gasteiger partial charge in [-0.15, -0.1) is 0 Å². The predicted octanol–water partition coefficient (Wildman–Crippen LogP) is 0.929. The Morgan fingerprint density at radius 3 is 2.58 bits per heavy atom. The van der Waals surface area contributed by atoms with Crippen LogP contribution in [0.2, 0.25) is 0 Å². The van der Waals surface area contributed by atoms with Crippen molar-refractivity contribution < 1.29 is 0 Å². The van der Waals surface area contributed by atoms with Gasteiger partial charge in [-0.2, -0.15) is 0 Å². The Hall–Kier alpha value is -0.960. The molecule has 1 heterocycles. The van der Waals surface area contributed by atoms with Gasteiger partial charge in [-0.1, -0.05) is 0 Å². The van der Waals surface area contributed by atoms with Crippen LogP contribution in [0.4, 0.5) is 0 Å². The first kappa shape index (κ1) is 7.68. The second kappa shape index (κ2) is 3.19. The maximum Gasteiger partial charge on any atom is 0.115 e. The van der Waals surface area contributed by atoms with E-state index >= 15 is 0 Å². The highest BCUT2D eigenvalue weighted by atomic mass is 14.8. The highest BCUT2D eigenvalue weighted by molar-refractivity contribution is 5.14. The third-order valence-corrected chi connectivity index (χ3v) is 2.45. The Morgan fingerprint density at radius 2 is 2.08 bits per heavy atom. The summed E-state index contributed by atoms with van der Waals surface area (Å²) in [6.45, 7) is 0.720. The largest absolute Gasteiger partial charge is 0.330 e. The van der Waals surface area contributed by atoms with Gasteiger partial charge in [0.05, 0.1) is 0 Å². The van der Waals surface area contributed by atoms with Crippen LogP contribution in [0.5, 0.6) is 0 Å². The lowest BCUT2D eigenvalue weighted by molar-refractivity contribution is 0.611. The molecule has 2 rings (SSSR count). The fourth-order valence-electron chi connectivity index (χ4n) is 1.60. The number of nitrogens with two attached hydrogens (primary N) is 1. The van der Waals surface area contributed by atoms with E-state index in [9.17, 15) is 0 Å². The molecule has 2 N–H and O–H groups in total. The van der Waals surface area contributed by atoms with Gasteiger partial charge in [0.15, 0.2) is 0 Å². The molecule has 12 heavy (non-hydrogen) atoms. The van der Waals surface area contributed by atoms with E-state index in [-0.39, 0.29) is 0 Å². The molecular weight excluding hydrogens is 150 g/mol. The Bertz CT molecular complexity index is 243. The molecule has 0 bridgehead atoms. The van der Waals surface area contributed by atoms with Crippen molar-refractivity contribution in [3.8, 4) is 0 Å². The molecule has 1 aromatic rings. The normalized spacial score (nSPS) is 19.1. The first-order valence-electron chi connectivity index (χ1n) is 4.37. The van der Waals surface area contributed by atoms with Crippen molar-refractivity contribution in [3.05, 3.63) is 24.3 Å². The van der Waals surface area contributed by atoms with Gasteiger partial charge in [0, 0.05) is 18.3 Å². The molecule has 3 nitrogen and oxygen atoms in total. The average molecular weight is 163 g/mol. The minimum absolute atomic E-state index is 0.492. The first-order chi connectivity index (χ1) is 5.92. The van der Waals surface area contributed by atoms with Crippen LogP contribution in [0.3, 0.4) is 0 Å². The molecule has 1 fully saturated rings. The van der Waals surface area contributed by atoms with Crippen LogP contribution in [0.1, 0.15) is 24.3 Å². The number of aromatic nitrogens is 2. The monoisotopic (exact) mass is 163 g/mol. The van der Waals surface area contributed by atoms with Gasteiger partial charge in [0.25, 0.3) is 0 Å². The van der Waals surface area contributed by atoms with Crippen molar-refractivity contribution in [3.63, 3.8) is 0 Å². The standard InChI is InChI=1S/C9H13N3/c10-3-9(7-1-2-7)8-4-11-6-12-5-8/h4-7,9H,1-3,10H2. The Morgan fingerprint density at radius 1 is 1.42 bits per heavy atom. The molecule has 0 saturated heterocycles. The van der Waals surface area contributed by atoms with E-state index < -0.39 is 0 Å². The summed E-state index contributed by atoms with van der Waals surface area (Å²) in [6.07, 6.45) is 7.95. The van der Waals surface area contributed by atoms with Crippen molar-refractivity contribution in [2.75, 3.05) is 6.54 Å². The van der Waals surface area contributed by atoms with E-state index in [0.29, 0.717) is 5.92 Å². The smallest absolute Gasteiger partial charge is 0.115 e. The Labute approximate surface area is 72.0 Å². The second-order valence-electron chi connectivity index (χ2n) is 3.35. The van der Waals surface area contributed by atoms with Gasteiger partial charge >= 0.3 is 0 Å². The van der Waals surface area contributed by atoms with Gasteiger partial charge in [0.2, 0.25) is 0 Å². The lowest BCUT2D eigenvalue weighted by atomic mass is 9.97. The van der Waals surface area contributed by atoms with Crippen LogP contribution in [-0.4, -0.2) is 16.5 Å². The SMILES string of the molecule is NCC(c1cncnc1)C1CC1. The van der Waals surface area contributed by atoms with Crippen LogP contribution in [0.25, 0.3) is 0 Å². The molecule has 1 saturated carbocycles. The number of rotatable bonds is 3. The summed E-state index contributed by atoms with van der Waals surface area (Å²) in [6, 6.07) is 0. The summed E-state index contributed by atoms with van der Waals surface area (Å²) in [4.78, 5) is 7.99. The molecule has 0 amide bonds. The topological polar surface area (TPSA) is 51.8 Å². The molecule has 1 aliphatic carbocycles. The minimum atomic E-state index is 0.492. The van der Waals surface area contributed by atoms with Crippen molar-refractivity contribution in [2.24, 2.45) is 11.7 Å². The van der Waals surface area contributed by atoms with Crippen molar-refractivity contribution in [2.45, 2.75) is 18.8 Å². The zero-order valence-electron chi connectivity index (χ0n) is 6.98. The summed E-state index contributed by atoms with van der Waals surface area (Å²) < 4.78 is 0. The van der Waals surface area contributed by atoms with Crippen LogP contribution in [0.15, 0.2) is 18.7 Å². The zero-order chi connectivity index (χ0) is 8.39. The highest BCUT2D eigenvalue weighted by Crippen LogP contribution is 2.41. The van der Waals surface area contributed by atoms with E-state index in [1.165, 1.54) is 18.4 Å². The maximum atomic E-state index is 5.69. The maximum absolute atomic E-state index is 5.69. The molecule has 0 aromatic carbocycles. The van der Waals surface area contributed by atoms with Crippen molar-refractivity contribution in [1.29, 1.82) is 0 Å². The van der Waals surface area contributed by atoms with Crippen LogP contribution < -0.4 is 5.73 Å². The lowest BCUT2D eigenvalue weighted by Gasteiger charge is -2.11. The van der Waals surface area contributed by atoms with E-state index in [0.717, 1.165) is 12.5 Å². The summed E-state index contributed by atoms with van der Waals surface area (Å²) in [5, 5.41) is 0. The van der Waals surface area contributed by atoms with Crippen LogP contribution >= 0.6 is 0 Å². The molecule has 0 radical (unpaired) electrons. The summed E-state index contributed by atoms with van der Waals surface area (Å²) in [7, 11) is 0. The van der Waals surface area contributed by atoms with Gasteiger partial charge in [-0.05, 0) is 30.9 Å². The average Bonchev–Trinajstić information content (AvgIpc) is 2.92. The van der Waals surface area contributed by atoms with E-state index in [1.54, 1.807) is 6.33 Å². The van der Waals surface area contributed by atoms with Crippen molar-refractivity contribution >= 4 is 0 Å².